The minimum absolute atomic E-state index is 0.103. The summed E-state index contributed by atoms with van der Waals surface area (Å²) in [5.74, 6) is 1.76. The molecule has 4 fully saturated rings. The number of amides is 1. The zero-order chi connectivity index (χ0) is 17.2. The molecule has 1 saturated carbocycles. The number of carbonyl (C=O) groups is 1. The maximum atomic E-state index is 11.6. The molecule has 3 heterocycles. The van der Waals surface area contributed by atoms with Crippen LogP contribution in [0.15, 0.2) is 0 Å². The summed E-state index contributed by atoms with van der Waals surface area (Å²) in [5, 5.41) is 3.68. The minimum atomic E-state index is -0.216. The van der Waals surface area contributed by atoms with Crippen molar-refractivity contribution < 1.29 is 19.1 Å². The topological polar surface area (TPSA) is 72.1 Å². The number of rotatable bonds is 3. The molecule has 0 radical (unpaired) electrons. The van der Waals surface area contributed by atoms with Gasteiger partial charge >= 0.3 is 6.09 Å². The second-order valence-electron chi connectivity index (χ2n) is 7.98. The number of ether oxygens (including phenoxy) is 2. The number of likely N-dealkylation sites (tertiary alicyclic amines) is 1. The van der Waals surface area contributed by atoms with Crippen LogP contribution in [0.2, 0.25) is 0 Å². The lowest BCUT2D eigenvalue weighted by atomic mass is 9.76. The summed E-state index contributed by atoms with van der Waals surface area (Å²) in [6, 6.07) is 0. The standard InChI is InChI=1S/C18H31N3O4/c1-23-18(22)21-8-5-12(6-9-21)16-19-17(25-20-16)14-4-2-3-13(11-14)15-7-10-24-15/h12-17,19-20H,2-11H2,1H3. The molecule has 5 unspecified atom stereocenters. The van der Waals surface area contributed by atoms with E-state index in [9.17, 15) is 4.79 Å². The van der Waals surface area contributed by atoms with E-state index in [1.54, 1.807) is 4.90 Å². The fourth-order valence-corrected chi connectivity index (χ4v) is 4.91. The molecule has 0 aromatic heterocycles. The summed E-state index contributed by atoms with van der Waals surface area (Å²) >= 11 is 0. The Labute approximate surface area is 149 Å². The van der Waals surface area contributed by atoms with E-state index in [4.69, 9.17) is 14.3 Å². The third-order valence-electron chi connectivity index (χ3n) is 6.55. The zero-order valence-electron chi connectivity index (χ0n) is 15.1. The van der Waals surface area contributed by atoms with Gasteiger partial charge in [-0.05, 0) is 50.4 Å². The van der Waals surface area contributed by atoms with Crippen LogP contribution in [0.1, 0.15) is 44.9 Å². The second-order valence-corrected chi connectivity index (χ2v) is 7.98. The van der Waals surface area contributed by atoms with Crippen LogP contribution >= 0.6 is 0 Å². The highest BCUT2D eigenvalue weighted by Gasteiger charge is 2.40. The molecule has 1 aliphatic carbocycles. The van der Waals surface area contributed by atoms with Gasteiger partial charge in [-0.2, -0.15) is 5.48 Å². The Hall–Kier alpha value is -0.890. The molecule has 142 valence electrons. The van der Waals surface area contributed by atoms with Crippen LogP contribution in [0.3, 0.4) is 0 Å². The van der Waals surface area contributed by atoms with Crippen LogP contribution in [0.5, 0.6) is 0 Å². The van der Waals surface area contributed by atoms with Crippen LogP contribution in [0, 0.1) is 17.8 Å². The molecule has 2 N–H and O–H groups in total. The summed E-state index contributed by atoms with van der Waals surface area (Å²) < 4.78 is 10.5. The summed E-state index contributed by atoms with van der Waals surface area (Å²) in [6.45, 7) is 2.46. The number of methoxy groups -OCH3 is 1. The molecule has 0 aromatic rings. The number of carbonyl (C=O) groups excluding carboxylic acids is 1. The van der Waals surface area contributed by atoms with E-state index >= 15 is 0 Å². The van der Waals surface area contributed by atoms with Gasteiger partial charge < -0.3 is 14.4 Å². The highest BCUT2D eigenvalue weighted by atomic mass is 16.7. The fraction of sp³-hybridized carbons (Fsp3) is 0.944. The molecule has 0 bridgehead atoms. The fourth-order valence-electron chi connectivity index (χ4n) is 4.91. The van der Waals surface area contributed by atoms with E-state index in [2.05, 4.69) is 10.8 Å². The molecule has 5 atom stereocenters. The van der Waals surface area contributed by atoms with Crippen molar-refractivity contribution in [3.63, 3.8) is 0 Å². The Morgan fingerprint density at radius 2 is 1.84 bits per heavy atom. The monoisotopic (exact) mass is 353 g/mol. The molecule has 3 saturated heterocycles. The lowest BCUT2D eigenvalue weighted by molar-refractivity contribution is -0.107. The van der Waals surface area contributed by atoms with Crippen LogP contribution in [0.25, 0.3) is 0 Å². The number of nitrogens with zero attached hydrogens (tertiary/aromatic N) is 1. The lowest BCUT2D eigenvalue weighted by Crippen LogP contribution is -2.48. The molecule has 0 spiro atoms. The number of nitrogens with one attached hydrogen (secondary N) is 2. The highest BCUT2D eigenvalue weighted by molar-refractivity contribution is 5.67. The smallest absolute Gasteiger partial charge is 0.409 e. The molecular weight excluding hydrogens is 322 g/mol. The average Bonchev–Trinajstić information content (AvgIpc) is 3.10. The van der Waals surface area contributed by atoms with Gasteiger partial charge in [0.15, 0.2) is 0 Å². The van der Waals surface area contributed by atoms with Gasteiger partial charge in [0.25, 0.3) is 0 Å². The molecule has 3 aliphatic heterocycles. The van der Waals surface area contributed by atoms with Gasteiger partial charge in [-0.15, -0.1) is 0 Å². The van der Waals surface area contributed by atoms with Gasteiger partial charge in [-0.1, -0.05) is 6.42 Å². The van der Waals surface area contributed by atoms with E-state index in [1.807, 2.05) is 0 Å². The van der Waals surface area contributed by atoms with Crippen molar-refractivity contribution in [1.82, 2.24) is 15.7 Å². The van der Waals surface area contributed by atoms with Crippen molar-refractivity contribution in [2.45, 2.75) is 63.4 Å². The first-order valence-electron chi connectivity index (χ1n) is 9.86. The highest BCUT2D eigenvalue weighted by Crippen LogP contribution is 2.38. The molecule has 7 heteroatoms. The summed E-state index contributed by atoms with van der Waals surface area (Å²) in [6.07, 6.45) is 8.76. The number of hydrogen-bond acceptors (Lipinski definition) is 6. The van der Waals surface area contributed by atoms with Gasteiger partial charge in [0, 0.05) is 25.6 Å². The summed E-state index contributed by atoms with van der Waals surface area (Å²) in [5.41, 5.74) is 3.23. The molecule has 0 aromatic carbocycles. The molecule has 4 rings (SSSR count). The Kier molecular flexibility index (Phi) is 5.45. The van der Waals surface area contributed by atoms with Crippen molar-refractivity contribution in [3.05, 3.63) is 0 Å². The van der Waals surface area contributed by atoms with E-state index < -0.39 is 0 Å². The van der Waals surface area contributed by atoms with Crippen molar-refractivity contribution in [2.24, 2.45) is 17.8 Å². The molecule has 1 amide bonds. The molecule has 25 heavy (non-hydrogen) atoms. The van der Waals surface area contributed by atoms with Crippen molar-refractivity contribution in [1.29, 1.82) is 0 Å². The maximum Gasteiger partial charge on any atom is 0.409 e. The Bertz CT molecular complexity index is 465. The van der Waals surface area contributed by atoms with Crippen LogP contribution < -0.4 is 10.8 Å². The molecule has 7 nitrogen and oxygen atoms in total. The Morgan fingerprint density at radius 1 is 1.08 bits per heavy atom. The number of piperidine rings is 1. The van der Waals surface area contributed by atoms with Crippen molar-refractivity contribution in [2.75, 3.05) is 26.8 Å². The van der Waals surface area contributed by atoms with Gasteiger partial charge in [0.05, 0.1) is 19.4 Å². The number of hydrogen-bond donors (Lipinski definition) is 2. The quantitative estimate of drug-likeness (QED) is 0.807. The third-order valence-corrected chi connectivity index (χ3v) is 6.55. The Morgan fingerprint density at radius 3 is 2.52 bits per heavy atom. The van der Waals surface area contributed by atoms with Crippen LogP contribution in [-0.2, 0) is 14.3 Å². The number of hydroxylamine groups is 1. The van der Waals surface area contributed by atoms with E-state index in [1.165, 1.54) is 39.2 Å². The summed E-state index contributed by atoms with van der Waals surface area (Å²) in [4.78, 5) is 19.3. The first kappa shape index (κ1) is 17.5. The van der Waals surface area contributed by atoms with Gasteiger partial charge in [0.2, 0.25) is 0 Å². The van der Waals surface area contributed by atoms with E-state index in [0.717, 1.165) is 32.5 Å². The predicted molar refractivity (Wildman–Crippen MR) is 91.4 cm³/mol. The minimum Gasteiger partial charge on any atom is -0.453 e. The molecule has 4 aliphatic rings. The first-order valence-corrected chi connectivity index (χ1v) is 9.86. The Balaban J connectivity index is 1.25. The normalized spacial score (nSPS) is 39.9. The SMILES string of the molecule is COC(=O)N1CCC(C2NOC(C3CCCC(C4CCO4)C3)N2)CC1. The van der Waals surface area contributed by atoms with Crippen molar-refractivity contribution >= 4 is 6.09 Å². The van der Waals surface area contributed by atoms with Gasteiger partial charge in [-0.3, -0.25) is 10.2 Å². The van der Waals surface area contributed by atoms with Crippen LogP contribution in [0.4, 0.5) is 4.79 Å². The third kappa shape index (κ3) is 3.79. The molecular formula is C18H31N3O4. The second kappa shape index (κ2) is 7.78. The zero-order valence-corrected chi connectivity index (χ0v) is 15.1. The largest absolute Gasteiger partial charge is 0.453 e. The maximum absolute atomic E-state index is 11.6. The van der Waals surface area contributed by atoms with E-state index in [0.29, 0.717) is 23.9 Å². The van der Waals surface area contributed by atoms with Crippen LogP contribution in [-0.4, -0.2) is 56.3 Å². The van der Waals surface area contributed by atoms with E-state index in [-0.39, 0.29) is 18.5 Å². The summed E-state index contributed by atoms with van der Waals surface area (Å²) in [7, 11) is 1.44. The van der Waals surface area contributed by atoms with Gasteiger partial charge in [0.1, 0.15) is 6.23 Å². The van der Waals surface area contributed by atoms with Gasteiger partial charge in [-0.25, -0.2) is 4.79 Å². The predicted octanol–water partition coefficient (Wildman–Crippen LogP) is 1.84. The average molecular weight is 353 g/mol. The first-order chi connectivity index (χ1) is 12.2. The lowest BCUT2D eigenvalue weighted by Gasteiger charge is -2.40. The van der Waals surface area contributed by atoms with Crippen molar-refractivity contribution in [3.8, 4) is 0 Å².